The van der Waals surface area contributed by atoms with Crippen LogP contribution in [-0.4, -0.2) is 80.1 Å². The molecule has 4 amide bonds. The van der Waals surface area contributed by atoms with E-state index in [0.29, 0.717) is 31.7 Å². The van der Waals surface area contributed by atoms with Gasteiger partial charge in [0.1, 0.15) is 6.04 Å². The molecule has 0 radical (unpaired) electrons. The normalized spacial score (nSPS) is 15.5. The molecule has 0 saturated heterocycles. The van der Waals surface area contributed by atoms with E-state index in [1.165, 1.54) is 27.1 Å². The van der Waals surface area contributed by atoms with Gasteiger partial charge in [-0.05, 0) is 49.5 Å². The largest absolute Gasteiger partial charge is 0.453 e. The van der Waals surface area contributed by atoms with Gasteiger partial charge in [0.2, 0.25) is 0 Å². The molecule has 13 nitrogen and oxygen atoms in total. The SMILES string of the molecule is CCCCCCCCCC(=O)O[C@@](NC(=O)OC)(C(=O)N[C@@H](CCc1ccccc1)CN(CC1CCCCC1)NC(=O)[C@@H](NC(=O)OC)C(C)C)C(C)C. The first kappa shape index (κ1) is 46.3. The number of methoxy groups -OCH3 is 2. The highest BCUT2D eigenvalue weighted by Crippen LogP contribution is 2.26. The van der Waals surface area contributed by atoms with Gasteiger partial charge in [0, 0.05) is 31.5 Å². The number of benzene rings is 1. The number of carbonyl (C=O) groups excluding carboxylic acids is 5. The van der Waals surface area contributed by atoms with Crippen LogP contribution in [0, 0.1) is 17.8 Å². The number of rotatable bonds is 24. The number of unbranched alkanes of at least 4 members (excludes halogenated alkanes) is 6. The minimum Gasteiger partial charge on any atom is -0.453 e. The molecule has 1 aliphatic rings. The van der Waals surface area contributed by atoms with E-state index < -0.39 is 53.7 Å². The van der Waals surface area contributed by atoms with Crippen LogP contribution in [0.3, 0.4) is 0 Å². The second kappa shape index (κ2) is 25.3. The number of hydrogen-bond donors (Lipinski definition) is 4. The summed E-state index contributed by atoms with van der Waals surface area (Å²) in [7, 11) is 2.44. The predicted octanol–water partition coefficient (Wildman–Crippen LogP) is 6.79. The molecular formula is C41H69N5O8. The highest BCUT2D eigenvalue weighted by atomic mass is 16.6. The van der Waals surface area contributed by atoms with Crippen LogP contribution in [-0.2, 0) is 35.0 Å². The average Bonchev–Trinajstić information content (AvgIpc) is 3.15. The average molecular weight is 760 g/mol. The fraction of sp³-hybridized carbons (Fsp3) is 0.732. The third kappa shape index (κ3) is 16.7. The van der Waals surface area contributed by atoms with E-state index >= 15 is 0 Å². The summed E-state index contributed by atoms with van der Waals surface area (Å²) < 4.78 is 15.6. The Morgan fingerprint density at radius 2 is 1.46 bits per heavy atom. The van der Waals surface area contributed by atoms with Gasteiger partial charge in [-0.15, -0.1) is 0 Å². The Bertz CT molecular complexity index is 1270. The van der Waals surface area contributed by atoms with Crippen LogP contribution < -0.4 is 21.4 Å². The van der Waals surface area contributed by atoms with Gasteiger partial charge < -0.3 is 24.8 Å². The number of hydrazine groups is 1. The standard InChI is InChI=1S/C41H69N5O8/c1-8-9-10-11-12-13-20-25-35(47)54-41(31(4)5,44-40(51)53-7)38(49)42-34(27-26-32-21-16-14-17-22-32)29-46(28-33-23-18-15-19-24-33)45-37(48)36(30(2)3)43-39(50)52-6/h14,16-17,21-22,30-31,33-34,36H,8-13,15,18-20,23-29H2,1-7H3,(H,42,49)(H,43,50)(H,44,51)(H,45,48)/t34-,36-,41+/m0/s1. The Hall–Kier alpha value is -3.87. The van der Waals surface area contributed by atoms with Crippen LogP contribution in [0.4, 0.5) is 9.59 Å². The van der Waals surface area contributed by atoms with Crippen LogP contribution >= 0.6 is 0 Å². The summed E-state index contributed by atoms with van der Waals surface area (Å²) in [6.45, 7) is 9.99. The first-order valence-corrected chi connectivity index (χ1v) is 20.2. The Morgan fingerprint density at radius 3 is 2.06 bits per heavy atom. The number of nitrogens with zero attached hydrogens (tertiary/aromatic N) is 1. The zero-order valence-electron chi connectivity index (χ0n) is 34.0. The van der Waals surface area contributed by atoms with E-state index in [4.69, 9.17) is 14.2 Å². The zero-order chi connectivity index (χ0) is 39.9. The van der Waals surface area contributed by atoms with Crippen molar-refractivity contribution in [2.45, 2.75) is 149 Å². The van der Waals surface area contributed by atoms with E-state index in [-0.39, 0.29) is 18.9 Å². The summed E-state index contributed by atoms with van der Waals surface area (Å²) in [5.41, 5.74) is 2.06. The summed E-state index contributed by atoms with van der Waals surface area (Å²) in [4.78, 5) is 66.5. The van der Waals surface area contributed by atoms with Gasteiger partial charge in [-0.2, -0.15) is 0 Å². The summed E-state index contributed by atoms with van der Waals surface area (Å²) >= 11 is 0. The number of carbonyl (C=O) groups is 5. The monoisotopic (exact) mass is 760 g/mol. The molecule has 2 rings (SSSR count). The zero-order valence-corrected chi connectivity index (χ0v) is 34.0. The van der Waals surface area contributed by atoms with E-state index in [1.807, 2.05) is 49.2 Å². The molecule has 1 saturated carbocycles. The highest BCUT2D eigenvalue weighted by molar-refractivity contribution is 5.91. The minimum absolute atomic E-state index is 0.105. The van der Waals surface area contributed by atoms with Gasteiger partial charge in [-0.1, -0.05) is 123 Å². The lowest BCUT2D eigenvalue weighted by molar-refractivity contribution is -0.178. The van der Waals surface area contributed by atoms with Crippen molar-refractivity contribution in [3.8, 4) is 0 Å². The number of alkyl carbamates (subject to hydrolysis) is 2. The second-order valence-electron chi connectivity index (χ2n) is 15.3. The second-order valence-corrected chi connectivity index (χ2v) is 15.3. The summed E-state index contributed by atoms with van der Waals surface area (Å²) in [6, 6.07) is 8.43. The molecule has 1 aliphatic carbocycles. The van der Waals surface area contributed by atoms with Crippen LogP contribution in [0.25, 0.3) is 0 Å². The number of hydrogen-bond acceptors (Lipinski definition) is 9. The van der Waals surface area contributed by atoms with Crippen LogP contribution in [0.5, 0.6) is 0 Å². The van der Waals surface area contributed by atoms with Crippen molar-refractivity contribution in [3.63, 3.8) is 0 Å². The van der Waals surface area contributed by atoms with Gasteiger partial charge in [0.25, 0.3) is 17.5 Å². The summed E-state index contributed by atoms with van der Waals surface area (Å²) in [6.07, 6.45) is 12.0. The van der Waals surface area contributed by atoms with E-state index in [0.717, 1.165) is 63.4 Å². The predicted molar refractivity (Wildman–Crippen MR) is 209 cm³/mol. The Kier molecular flexibility index (Phi) is 21.6. The van der Waals surface area contributed by atoms with Crippen molar-refractivity contribution in [2.24, 2.45) is 17.8 Å². The number of amides is 4. The van der Waals surface area contributed by atoms with Gasteiger partial charge in [0.05, 0.1) is 14.2 Å². The molecular weight excluding hydrogens is 690 g/mol. The van der Waals surface area contributed by atoms with Crippen molar-refractivity contribution in [1.29, 1.82) is 0 Å². The van der Waals surface area contributed by atoms with Crippen LogP contribution in [0.2, 0.25) is 0 Å². The van der Waals surface area contributed by atoms with Gasteiger partial charge in [-0.25, -0.2) is 14.6 Å². The molecule has 0 unspecified atom stereocenters. The van der Waals surface area contributed by atoms with Gasteiger partial charge in [0.15, 0.2) is 0 Å². The molecule has 0 heterocycles. The molecule has 1 aromatic carbocycles. The Balaban J connectivity index is 2.41. The van der Waals surface area contributed by atoms with E-state index in [2.05, 4.69) is 28.3 Å². The first-order chi connectivity index (χ1) is 25.8. The van der Waals surface area contributed by atoms with Crippen LogP contribution in [0.1, 0.15) is 130 Å². The summed E-state index contributed by atoms with van der Waals surface area (Å²) in [5.74, 6) is -2.26. The molecule has 1 aromatic rings. The fourth-order valence-corrected chi connectivity index (χ4v) is 6.86. The van der Waals surface area contributed by atoms with Crippen molar-refractivity contribution in [1.82, 2.24) is 26.4 Å². The molecule has 4 N–H and O–H groups in total. The van der Waals surface area contributed by atoms with Crippen molar-refractivity contribution < 1.29 is 38.2 Å². The maximum atomic E-state index is 14.5. The molecule has 0 bridgehead atoms. The molecule has 0 aromatic heterocycles. The van der Waals surface area contributed by atoms with Gasteiger partial charge in [-0.3, -0.25) is 25.1 Å². The highest BCUT2D eigenvalue weighted by Gasteiger charge is 2.48. The third-order valence-electron chi connectivity index (χ3n) is 10.2. The summed E-state index contributed by atoms with van der Waals surface area (Å²) in [5, 5.41) is 10.1. The lowest BCUT2D eigenvalue weighted by atomic mass is 9.89. The minimum atomic E-state index is -2.05. The maximum Gasteiger partial charge on any atom is 0.410 e. The van der Waals surface area contributed by atoms with E-state index in [1.54, 1.807) is 13.8 Å². The first-order valence-electron chi connectivity index (χ1n) is 20.2. The molecule has 0 spiro atoms. The van der Waals surface area contributed by atoms with Crippen molar-refractivity contribution in [3.05, 3.63) is 35.9 Å². The van der Waals surface area contributed by atoms with E-state index in [9.17, 15) is 24.0 Å². The molecule has 54 heavy (non-hydrogen) atoms. The number of esters is 1. The topological polar surface area (TPSA) is 164 Å². The molecule has 1 fully saturated rings. The maximum absolute atomic E-state index is 14.5. The van der Waals surface area contributed by atoms with Crippen molar-refractivity contribution >= 4 is 30.0 Å². The lowest BCUT2D eigenvalue weighted by Crippen LogP contribution is -2.66. The number of ether oxygens (including phenoxy) is 3. The molecule has 13 heteroatoms. The molecule has 3 atom stereocenters. The Morgan fingerprint density at radius 1 is 0.833 bits per heavy atom. The number of aryl methyl sites for hydroxylation is 1. The third-order valence-corrected chi connectivity index (χ3v) is 10.2. The lowest BCUT2D eigenvalue weighted by Gasteiger charge is -2.38. The van der Waals surface area contributed by atoms with Gasteiger partial charge >= 0.3 is 18.2 Å². The smallest absolute Gasteiger partial charge is 0.410 e. The molecule has 306 valence electrons. The quantitative estimate of drug-likeness (QED) is 0.0292. The van der Waals surface area contributed by atoms with Crippen LogP contribution in [0.15, 0.2) is 30.3 Å². The van der Waals surface area contributed by atoms with Crippen molar-refractivity contribution in [2.75, 3.05) is 27.3 Å². The fourth-order valence-electron chi connectivity index (χ4n) is 6.86. The molecule has 0 aliphatic heterocycles. The number of nitrogens with one attached hydrogen (secondary N) is 4. The Labute approximate surface area is 323 Å².